The van der Waals surface area contributed by atoms with Crippen LogP contribution in [0.3, 0.4) is 0 Å². The Morgan fingerprint density at radius 1 is 1.56 bits per heavy atom. The third kappa shape index (κ3) is 1.64. The molecule has 0 atom stereocenters. The van der Waals surface area contributed by atoms with Crippen molar-refractivity contribution in [1.82, 2.24) is 0 Å². The standard InChI is InChI=1S/C6H10OSSi/c1-9(2,7)6-4-3-5-8-6/h3-5,7H,1-2H3. The molecule has 0 spiro atoms. The molecule has 1 rings (SSSR count). The topological polar surface area (TPSA) is 20.2 Å². The first kappa shape index (κ1) is 6.99. The van der Waals surface area contributed by atoms with E-state index in [1.54, 1.807) is 11.3 Å². The fourth-order valence-corrected chi connectivity index (χ4v) is 2.95. The highest BCUT2D eigenvalue weighted by atomic mass is 32.1. The second-order valence-electron chi connectivity index (χ2n) is 2.54. The van der Waals surface area contributed by atoms with E-state index in [0.29, 0.717) is 0 Å². The monoisotopic (exact) mass is 158 g/mol. The quantitative estimate of drug-likeness (QED) is 0.608. The molecule has 0 saturated carbocycles. The molecule has 50 valence electrons. The predicted molar refractivity (Wildman–Crippen MR) is 43.7 cm³/mol. The van der Waals surface area contributed by atoms with E-state index in [0.717, 1.165) is 4.50 Å². The van der Waals surface area contributed by atoms with Crippen molar-refractivity contribution in [2.45, 2.75) is 13.1 Å². The molecule has 0 radical (unpaired) electrons. The lowest BCUT2D eigenvalue weighted by Gasteiger charge is -2.09. The van der Waals surface area contributed by atoms with Gasteiger partial charge in [-0.15, -0.1) is 0 Å². The first-order valence-corrected chi connectivity index (χ1v) is 6.70. The van der Waals surface area contributed by atoms with E-state index in [1.807, 2.05) is 30.6 Å². The van der Waals surface area contributed by atoms with E-state index in [9.17, 15) is 4.80 Å². The van der Waals surface area contributed by atoms with Gasteiger partial charge in [0.2, 0.25) is 8.32 Å². The lowest BCUT2D eigenvalue weighted by molar-refractivity contribution is 0.569. The zero-order valence-electron chi connectivity index (χ0n) is 5.59. The fraction of sp³-hybridized carbons (Fsp3) is 0.333. The maximum Gasteiger partial charge on any atom is 0.224 e. The Morgan fingerprint density at radius 3 is 2.44 bits per heavy atom. The van der Waals surface area contributed by atoms with Crippen LogP contribution in [0, 0.1) is 0 Å². The molecule has 0 saturated heterocycles. The highest BCUT2D eigenvalue weighted by Crippen LogP contribution is 2.02. The minimum Gasteiger partial charge on any atom is -0.427 e. The first-order chi connectivity index (χ1) is 4.11. The van der Waals surface area contributed by atoms with Crippen LogP contribution in [0.5, 0.6) is 0 Å². The molecule has 0 aliphatic rings. The van der Waals surface area contributed by atoms with Crippen molar-refractivity contribution < 1.29 is 4.80 Å². The van der Waals surface area contributed by atoms with E-state index in [-0.39, 0.29) is 0 Å². The summed E-state index contributed by atoms with van der Waals surface area (Å²) in [7, 11) is -1.96. The third-order valence-corrected chi connectivity index (χ3v) is 5.03. The molecule has 0 amide bonds. The Morgan fingerprint density at radius 2 is 2.22 bits per heavy atom. The summed E-state index contributed by atoms with van der Waals surface area (Å²) in [4.78, 5) is 9.53. The van der Waals surface area contributed by atoms with E-state index < -0.39 is 8.32 Å². The minimum atomic E-state index is -1.96. The van der Waals surface area contributed by atoms with Crippen LogP contribution in [0.15, 0.2) is 17.5 Å². The Hall–Kier alpha value is -0.123. The van der Waals surface area contributed by atoms with E-state index in [4.69, 9.17) is 0 Å². The van der Waals surface area contributed by atoms with Crippen LogP contribution in [0.1, 0.15) is 0 Å². The summed E-state index contributed by atoms with van der Waals surface area (Å²) < 4.78 is 1.16. The molecular formula is C6H10OSSi. The molecule has 9 heavy (non-hydrogen) atoms. The van der Waals surface area contributed by atoms with Gasteiger partial charge in [0.05, 0.1) is 0 Å². The van der Waals surface area contributed by atoms with Crippen LogP contribution < -0.4 is 4.50 Å². The zero-order chi connectivity index (χ0) is 6.91. The van der Waals surface area contributed by atoms with Gasteiger partial charge in [0.15, 0.2) is 0 Å². The van der Waals surface area contributed by atoms with Gasteiger partial charge in [-0.2, -0.15) is 11.3 Å². The maximum atomic E-state index is 9.53. The average Bonchev–Trinajstić information content (AvgIpc) is 2.08. The van der Waals surface area contributed by atoms with E-state index >= 15 is 0 Å². The van der Waals surface area contributed by atoms with Crippen molar-refractivity contribution in [1.29, 1.82) is 0 Å². The SMILES string of the molecule is C[Si](C)(O)c1cccs1. The van der Waals surface area contributed by atoms with Crippen molar-refractivity contribution in [2.24, 2.45) is 0 Å². The lowest BCUT2D eigenvalue weighted by atomic mass is 10.7. The van der Waals surface area contributed by atoms with Crippen LogP contribution in [-0.4, -0.2) is 13.1 Å². The molecule has 1 heterocycles. The van der Waals surface area contributed by atoms with Gasteiger partial charge in [-0.1, -0.05) is 6.07 Å². The van der Waals surface area contributed by atoms with Gasteiger partial charge in [-0.3, -0.25) is 0 Å². The Bertz CT molecular complexity index is 175. The lowest BCUT2D eigenvalue weighted by Crippen LogP contribution is -2.38. The molecule has 0 aliphatic carbocycles. The third-order valence-electron chi connectivity index (χ3n) is 1.12. The largest absolute Gasteiger partial charge is 0.427 e. The first-order valence-electron chi connectivity index (χ1n) is 2.87. The summed E-state index contributed by atoms with van der Waals surface area (Å²) in [5.74, 6) is 0. The number of hydrogen-bond acceptors (Lipinski definition) is 2. The van der Waals surface area contributed by atoms with Gasteiger partial charge in [0.1, 0.15) is 0 Å². The van der Waals surface area contributed by atoms with Gasteiger partial charge in [-0.25, -0.2) is 0 Å². The second kappa shape index (κ2) is 2.25. The van der Waals surface area contributed by atoms with E-state index in [1.165, 1.54) is 0 Å². The van der Waals surface area contributed by atoms with Crippen LogP contribution in [0.4, 0.5) is 0 Å². The molecule has 1 aromatic heterocycles. The van der Waals surface area contributed by atoms with Gasteiger partial charge >= 0.3 is 0 Å². The summed E-state index contributed by atoms with van der Waals surface area (Å²) in [5.41, 5.74) is 0. The second-order valence-corrected chi connectivity index (χ2v) is 7.50. The predicted octanol–water partition coefficient (Wildman–Crippen LogP) is 1.15. The van der Waals surface area contributed by atoms with Crippen molar-refractivity contribution in [3.8, 4) is 0 Å². The van der Waals surface area contributed by atoms with Gasteiger partial charge in [0.25, 0.3) is 0 Å². The van der Waals surface area contributed by atoms with Gasteiger partial charge in [-0.05, 0) is 24.5 Å². The molecular weight excluding hydrogens is 148 g/mol. The van der Waals surface area contributed by atoms with Crippen molar-refractivity contribution in [3.05, 3.63) is 17.5 Å². The number of thiophene rings is 1. The summed E-state index contributed by atoms with van der Waals surface area (Å²) in [6.07, 6.45) is 0. The Balaban J connectivity index is 2.90. The Labute approximate surface area is 60.1 Å². The smallest absolute Gasteiger partial charge is 0.224 e. The van der Waals surface area contributed by atoms with Crippen LogP contribution in [-0.2, 0) is 0 Å². The molecule has 0 aliphatic heterocycles. The van der Waals surface area contributed by atoms with Crippen LogP contribution in [0.25, 0.3) is 0 Å². The number of hydrogen-bond donors (Lipinski definition) is 1. The van der Waals surface area contributed by atoms with Crippen molar-refractivity contribution >= 4 is 24.2 Å². The van der Waals surface area contributed by atoms with Gasteiger partial charge in [0, 0.05) is 4.50 Å². The average molecular weight is 158 g/mol. The Kier molecular flexibility index (Phi) is 1.74. The van der Waals surface area contributed by atoms with Crippen molar-refractivity contribution in [3.63, 3.8) is 0 Å². The molecule has 0 unspecified atom stereocenters. The summed E-state index contributed by atoms with van der Waals surface area (Å²) in [6.45, 7) is 3.86. The zero-order valence-corrected chi connectivity index (χ0v) is 7.40. The fourth-order valence-electron chi connectivity index (χ4n) is 0.627. The van der Waals surface area contributed by atoms with Gasteiger partial charge < -0.3 is 4.80 Å². The van der Waals surface area contributed by atoms with E-state index in [2.05, 4.69) is 0 Å². The molecule has 0 aromatic carbocycles. The summed E-state index contributed by atoms with van der Waals surface area (Å²) >= 11 is 1.64. The maximum absolute atomic E-state index is 9.53. The van der Waals surface area contributed by atoms with Crippen LogP contribution >= 0.6 is 11.3 Å². The number of rotatable bonds is 1. The molecule has 1 N–H and O–H groups in total. The molecule has 0 bridgehead atoms. The molecule has 0 fully saturated rings. The minimum absolute atomic E-state index is 1.16. The van der Waals surface area contributed by atoms with Crippen molar-refractivity contribution in [2.75, 3.05) is 0 Å². The van der Waals surface area contributed by atoms with Crippen LogP contribution in [0.2, 0.25) is 13.1 Å². The molecule has 1 nitrogen and oxygen atoms in total. The normalized spacial score (nSPS) is 11.9. The summed E-state index contributed by atoms with van der Waals surface area (Å²) in [6, 6.07) is 3.97. The highest BCUT2D eigenvalue weighted by Gasteiger charge is 2.20. The molecule has 3 heteroatoms. The molecule has 1 aromatic rings. The summed E-state index contributed by atoms with van der Waals surface area (Å²) in [5, 5.41) is 2.00. The highest BCUT2D eigenvalue weighted by molar-refractivity contribution is 7.24.